The fraction of sp³-hybridized carbons (Fsp3) is 0.800. The van der Waals surface area contributed by atoms with Gasteiger partial charge in [0.2, 0.25) is 0 Å². The van der Waals surface area contributed by atoms with Crippen LogP contribution in [0.1, 0.15) is 27.2 Å². The fourth-order valence-corrected chi connectivity index (χ4v) is 2.60. The van der Waals surface area contributed by atoms with Crippen LogP contribution >= 0.6 is 12.2 Å². The summed E-state index contributed by atoms with van der Waals surface area (Å²) in [6, 6.07) is 0. The molecule has 0 radical (unpaired) electrons. The van der Waals surface area contributed by atoms with Crippen LogP contribution in [0.5, 0.6) is 0 Å². The van der Waals surface area contributed by atoms with E-state index in [1.807, 2.05) is 18.6 Å². The molecule has 0 rings (SSSR count). The molecule has 0 saturated carbocycles. The van der Waals surface area contributed by atoms with Crippen LogP contribution in [0.4, 0.5) is 4.79 Å². The Balaban J connectivity index is 4.79. The molecule has 112 valence electrons. The Morgan fingerprint density at radius 3 is 2.47 bits per heavy atom. The minimum Gasteiger partial charge on any atom is -0.449 e. The van der Waals surface area contributed by atoms with E-state index in [2.05, 4.69) is 4.74 Å². The summed E-state index contributed by atoms with van der Waals surface area (Å²) >= 11 is 4.72. The normalized spacial score (nSPS) is 11.6. The van der Waals surface area contributed by atoms with Gasteiger partial charge in [0.15, 0.2) is 0 Å². The lowest BCUT2D eigenvalue weighted by molar-refractivity contribution is 0.158. The highest BCUT2D eigenvalue weighted by molar-refractivity contribution is 7.87. The number of rotatable bonds is 8. The molecular weight excluding hydrogens is 290 g/mol. The van der Waals surface area contributed by atoms with E-state index in [0.717, 1.165) is 4.31 Å². The summed E-state index contributed by atoms with van der Waals surface area (Å²) in [5.74, 6) is 0.102. The highest BCUT2D eigenvalue weighted by Gasteiger charge is 2.25. The van der Waals surface area contributed by atoms with Crippen molar-refractivity contribution in [1.29, 1.82) is 0 Å². The summed E-state index contributed by atoms with van der Waals surface area (Å²) in [5, 5.41) is 0. The highest BCUT2D eigenvalue weighted by atomic mass is 32.2. The number of thiocarbonyl (C=S) groups is 1. The number of ether oxygens (including phenoxy) is 1. The number of carbonyl (C=O) groups excluding carboxylic acids is 1. The van der Waals surface area contributed by atoms with Crippen molar-refractivity contribution in [2.45, 2.75) is 27.2 Å². The van der Waals surface area contributed by atoms with Crippen molar-refractivity contribution >= 4 is 33.5 Å². The molecular formula is C10H21N3O4S2. The van der Waals surface area contributed by atoms with E-state index in [4.69, 9.17) is 18.0 Å². The summed E-state index contributed by atoms with van der Waals surface area (Å²) in [5.41, 5.74) is 5.36. The third-order valence-electron chi connectivity index (χ3n) is 2.00. The van der Waals surface area contributed by atoms with Crippen molar-refractivity contribution in [3.8, 4) is 0 Å². The zero-order valence-corrected chi connectivity index (χ0v) is 13.0. The van der Waals surface area contributed by atoms with Crippen molar-refractivity contribution in [2.75, 3.05) is 19.7 Å². The standard InChI is InChI=1S/C10H21N3O4S2/c1-4-17-10(14)12-19(15,16)13(7-8(2)3)6-5-9(11)18/h8H,4-7H2,1-3H3,(H2,11,18)(H,12,14). The van der Waals surface area contributed by atoms with Gasteiger partial charge in [0.25, 0.3) is 0 Å². The fourth-order valence-electron chi connectivity index (χ4n) is 1.28. The first-order chi connectivity index (χ1) is 8.69. The number of hydrogen-bond acceptors (Lipinski definition) is 5. The monoisotopic (exact) mass is 311 g/mol. The average molecular weight is 311 g/mol. The Labute approximate surface area is 119 Å². The lowest BCUT2D eigenvalue weighted by Crippen LogP contribution is -2.46. The lowest BCUT2D eigenvalue weighted by Gasteiger charge is -2.23. The first-order valence-corrected chi connectivity index (χ1v) is 7.76. The molecule has 0 saturated heterocycles. The van der Waals surface area contributed by atoms with E-state index in [0.29, 0.717) is 0 Å². The summed E-state index contributed by atoms with van der Waals surface area (Å²) in [6.45, 7) is 5.81. The maximum Gasteiger partial charge on any atom is 0.421 e. The molecule has 7 nitrogen and oxygen atoms in total. The highest BCUT2D eigenvalue weighted by Crippen LogP contribution is 2.06. The number of amides is 1. The summed E-state index contributed by atoms with van der Waals surface area (Å²) in [7, 11) is -3.94. The van der Waals surface area contributed by atoms with E-state index in [1.165, 1.54) is 0 Å². The topological polar surface area (TPSA) is 102 Å². The number of nitrogens with zero attached hydrogens (tertiary/aromatic N) is 1. The Morgan fingerprint density at radius 1 is 1.47 bits per heavy atom. The second-order valence-corrected chi connectivity index (χ2v) is 6.49. The molecule has 0 aromatic heterocycles. The Bertz CT molecular complexity index is 409. The first kappa shape index (κ1) is 18.1. The maximum absolute atomic E-state index is 12.0. The first-order valence-electron chi connectivity index (χ1n) is 5.92. The van der Waals surface area contributed by atoms with E-state index in [1.54, 1.807) is 6.92 Å². The Kier molecular flexibility index (Phi) is 7.88. The number of nitrogens with two attached hydrogens (primary N) is 1. The summed E-state index contributed by atoms with van der Waals surface area (Å²) in [6.07, 6.45) is -0.738. The van der Waals surface area contributed by atoms with Crippen LogP contribution in [-0.2, 0) is 14.9 Å². The van der Waals surface area contributed by atoms with Gasteiger partial charge < -0.3 is 10.5 Å². The third-order valence-corrected chi connectivity index (χ3v) is 3.64. The summed E-state index contributed by atoms with van der Waals surface area (Å²) < 4.78 is 31.5. The molecule has 9 heteroatoms. The van der Waals surface area contributed by atoms with Gasteiger partial charge in [-0.2, -0.15) is 12.7 Å². The Morgan fingerprint density at radius 2 is 2.05 bits per heavy atom. The molecule has 0 spiro atoms. The molecule has 0 aliphatic rings. The lowest BCUT2D eigenvalue weighted by atomic mass is 10.2. The SMILES string of the molecule is CCOC(=O)NS(=O)(=O)N(CCC(N)=S)CC(C)C. The number of hydrogen-bond donors (Lipinski definition) is 2. The largest absolute Gasteiger partial charge is 0.449 e. The molecule has 0 unspecified atom stereocenters. The van der Waals surface area contributed by atoms with Crippen molar-refractivity contribution in [3.05, 3.63) is 0 Å². The Hall–Kier alpha value is -0.930. The van der Waals surface area contributed by atoms with Crippen molar-refractivity contribution in [1.82, 2.24) is 9.03 Å². The van der Waals surface area contributed by atoms with E-state index < -0.39 is 16.3 Å². The van der Waals surface area contributed by atoms with E-state index in [-0.39, 0.29) is 37.0 Å². The quantitative estimate of drug-likeness (QED) is 0.637. The number of nitrogens with one attached hydrogen (secondary N) is 1. The second kappa shape index (κ2) is 8.28. The molecule has 0 bridgehead atoms. The van der Waals surface area contributed by atoms with Crippen molar-refractivity contribution in [3.63, 3.8) is 0 Å². The van der Waals surface area contributed by atoms with E-state index >= 15 is 0 Å². The molecule has 0 atom stereocenters. The maximum atomic E-state index is 12.0. The van der Waals surface area contributed by atoms with Gasteiger partial charge >= 0.3 is 16.3 Å². The van der Waals surface area contributed by atoms with Gasteiger partial charge in [-0.25, -0.2) is 9.52 Å². The summed E-state index contributed by atoms with van der Waals surface area (Å²) in [4.78, 5) is 11.4. The zero-order chi connectivity index (χ0) is 15.1. The van der Waals surface area contributed by atoms with Gasteiger partial charge in [-0.15, -0.1) is 0 Å². The van der Waals surface area contributed by atoms with Gasteiger partial charge in [0.05, 0.1) is 11.6 Å². The van der Waals surface area contributed by atoms with Crippen LogP contribution in [-0.4, -0.2) is 43.5 Å². The van der Waals surface area contributed by atoms with Crippen LogP contribution in [0.2, 0.25) is 0 Å². The molecule has 0 heterocycles. The van der Waals surface area contributed by atoms with Gasteiger partial charge in [-0.3, -0.25) is 0 Å². The van der Waals surface area contributed by atoms with Crippen LogP contribution in [0.15, 0.2) is 0 Å². The molecule has 19 heavy (non-hydrogen) atoms. The van der Waals surface area contributed by atoms with Gasteiger partial charge in [-0.05, 0) is 12.8 Å². The van der Waals surface area contributed by atoms with Gasteiger partial charge in [-0.1, -0.05) is 26.1 Å². The molecule has 0 aliphatic carbocycles. The minimum absolute atomic E-state index is 0.0957. The molecule has 0 fully saturated rings. The van der Waals surface area contributed by atoms with Crippen LogP contribution in [0.25, 0.3) is 0 Å². The zero-order valence-electron chi connectivity index (χ0n) is 11.4. The van der Waals surface area contributed by atoms with Crippen molar-refractivity contribution in [2.24, 2.45) is 11.7 Å². The molecule has 1 amide bonds. The molecule has 0 aromatic rings. The average Bonchev–Trinajstić information content (AvgIpc) is 2.22. The smallest absolute Gasteiger partial charge is 0.421 e. The van der Waals surface area contributed by atoms with E-state index in [9.17, 15) is 13.2 Å². The van der Waals surface area contributed by atoms with Crippen LogP contribution in [0.3, 0.4) is 0 Å². The van der Waals surface area contributed by atoms with Gasteiger partial charge in [0, 0.05) is 19.5 Å². The molecule has 0 aliphatic heterocycles. The minimum atomic E-state index is -3.94. The van der Waals surface area contributed by atoms with Gasteiger partial charge in [0.1, 0.15) is 0 Å². The second-order valence-electron chi connectivity index (χ2n) is 4.30. The predicted octanol–water partition coefficient (Wildman–Crippen LogP) is 0.612. The molecule has 3 N–H and O–H groups in total. The number of carbonyl (C=O) groups is 1. The molecule has 0 aromatic carbocycles. The van der Waals surface area contributed by atoms with Crippen LogP contribution < -0.4 is 10.5 Å². The van der Waals surface area contributed by atoms with Crippen molar-refractivity contribution < 1.29 is 17.9 Å². The third kappa shape index (κ3) is 7.96. The van der Waals surface area contributed by atoms with Crippen LogP contribution in [0, 0.1) is 5.92 Å². The predicted molar refractivity (Wildman–Crippen MR) is 76.9 cm³/mol.